The van der Waals surface area contributed by atoms with Crippen LogP contribution in [-0.4, -0.2) is 18.4 Å². The van der Waals surface area contributed by atoms with Crippen LogP contribution in [0.25, 0.3) is 10.9 Å². The van der Waals surface area contributed by atoms with E-state index in [0.717, 1.165) is 10.9 Å². The van der Waals surface area contributed by atoms with Gasteiger partial charge in [-0.3, -0.25) is 4.72 Å². The molecule has 6 nitrogen and oxygen atoms in total. The number of sulfonamides is 1. The Morgan fingerprint density at radius 2 is 1.44 bits per heavy atom. The number of rotatable bonds is 5. The molecule has 27 heavy (non-hydrogen) atoms. The topological polar surface area (TPSA) is 84.0 Å². The predicted octanol–water partition coefficient (Wildman–Crippen LogP) is 4.17. The first-order valence-electron chi connectivity index (χ1n) is 8.27. The molecule has 0 bridgehead atoms. The maximum absolute atomic E-state index is 12.5. The molecule has 1 heterocycles. The fraction of sp³-hybridized carbons (Fsp3) is 0. The summed E-state index contributed by atoms with van der Waals surface area (Å²) in [5.41, 5.74) is 2.05. The molecule has 2 N–H and O–H groups in total. The van der Waals surface area contributed by atoms with Gasteiger partial charge in [0.2, 0.25) is 5.95 Å². The molecule has 0 unspecified atom stereocenters. The van der Waals surface area contributed by atoms with Crippen LogP contribution in [0, 0.1) is 0 Å². The zero-order valence-electron chi connectivity index (χ0n) is 14.2. The highest BCUT2D eigenvalue weighted by Crippen LogP contribution is 2.20. The van der Waals surface area contributed by atoms with Crippen LogP contribution in [0.1, 0.15) is 0 Å². The van der Waals surface area contributed by atoms with E-state index in [2.05, 4.69) is 20.0 Å². The van der Waals surface area contributed by atoms with Gasteiger partial charge in [-0.2, -0.15) is 0 Å². The molecule has 134 valence electrons. The van der Waals surface area contributed by atoms with Gasteiger partial charge in [0.1, 0.15) is 0 Å². The minimum atomic E-state index is -3.64. The molecule has 3 aromatic carbocycles. The van der Waals surface area contributed by atoms with Gasteiger partial charge in [0.15, 0.2) is 0 Å². The van der Waals surface area contributed by atoms with Crippen LogP contribution in [0.5, 0.6) is 0 Å². The van der Waals surface area contributed by atoms with Crippen molar-refractivity contribution in [2.75, 3.05) is 10.0 Å². The van der Waals surface area contributed by atoms with Crippen LogP contribution in [0.2, 0.25) is 0 Å². The van der Waals surface area contributed by atoms with Crippen LogP contribution in [0.4, 0.5) is 17.3 Å². The molecule has 0 saturated carbocycles. The second kappa shape index (κ2) is 7.05. The molecule has 0 spiro atoms. The van der Waals surface area contributed by atoms with Crippen molar-refractivity contribution in [1.29, 1.82) is 0 Å². The number of nitrogens with one attached hydrogen (secondary N) is 2. The minimum Gasteiger partial charge on any atom is -0.324 e. The molecule has 0 radical (unpaired) electrons. The van der Waals surface area contributed by atoms with E-state index in [4.69, 9.17) is 0 Å². The summed E-state index contributed by atoms with van der Waals surface area (Å²) >= 11 is 0. The Balaban J connectivity index is 1.52. The van der Waals surface area contributed by atoms with Crippen molar-refractivity contribution in [3.05, 3.63) is 85.1 Å². The maximum Gasteiger partial charge on any atom is 0.261 e. The van der Waals surface area contributed by atoms with E-state index < -0.39 is 10.0 Å². The predicted molar refractivity (Wildman–Crippen MR) is 107 cm³/mol. The monoisotopic (exact) mass is 376 g/mol. The molecule has 0 fully saturated rings. The van der Waals surface area contributed by atoms with Crippen molar-refractivity contribution < 1.29 is 8.42 Å². The number of fused-ring (bicyclic) bond motifs is 1. The summed E-state index contributed by atoms with van der Waals surface area (Å²) in [7, 11) is -3.64. The van der Waals surface area contributed by atoms with E-state index in [0.29, 0.717) is 17.3 Å². The number of hydrogen-bond acceptors (Lipinski definition) is 5. The lowest BCUT2D eigenvalue weighted by atomic mass is 10.2. The SMILES string of the molecule is O=S(=O)(Nc1ccccc1)c1ccc(Nc2ncc3ccccc3n2)cc1. The van der Waals surface area contributed by atoms with E-state index in [9.17, 15) is 8.42 Å². The molecular weight excluding hydrogens is 360 g/mol. The van der Waals surface area contributed by atoms with Crippen LogP contribution >= 0.6 is 0 Å². The molecular formula is C20H16N4O2S. The lowest BCUT2D eigenvalue weighted by Crippen LogP contribution is -2.12. The molecule has 0 aliphatic carbocycles. The number of para-hydroxylation sites is 2. The second-order valence-electron chi connectivity index (χ2n) is 5.87. The number of anilines is 3. The Morgan fingerprint density at radius 1 is 0.741 bits per heavy atom. The second-order valence-corrected chi connectivity index (χ2v) is 7.56. The first kappa shape index (κ1) is 17.0. The summed E-state index contributed by atoms with van der Waals surface area (Å²) in [6.07, 6.45) is 1.74. The Kier molecular flexibility index (Phi) is 4.43. The molecule has 0 amide bonds. The van der Waals surface area contributed by atoms with Crippen molar-refractivity contribution in [2.45, 2.75) is 4.90 Å². The van der Waals surface area contributed by atoms with E-state index in [1.807, 2.05) is 30.3 Å². The maximum atomic E-state index is 12.5. The Hall–Kier alpha value is -3.45. The van der Waals surface area contributed by atoms with Gasteiger partial charge in [0.05, 0.1) is 10.4 Å². The highest BCUT2D eigenvalue weighted by Gasteiger charge is 2.14. The van der Waals surface area contributed by atoms with Crippen LogP contribution in [-0.2, 0) is 10.0 Å². The van der Waals surface area contributed by atoms with Crippen molar-refractivity contribution in [1.82, 2.24) is 9.97 Å². The van der Waals surface area contributed by atoms with Crippen molar-refractivity contribution >= 4 is 38.2 Å². The number of benzene rings is 3. The van der Waals surface area contributed by atoms with Gasteiger partial charge in [0, 0.05) is 23.0 Å². The van der Waals surface area contributed by atoms with Gasteiger partial charge in [-0.15, -0.1) is 0 Å². The third-order valence-electron chi connectivity index (χ3n) is 3.94. The fourth-order valence-electron chi connectivity index (χ4n) is 2.60. The summed E-state index contributed by atoms with van der Waals surface area (Å²) in [6, 6.07) is 22.9. The molecule has 0 saturated heterocycles. The molecule has 0 atom stereocenters. The summed E-state index contributed by atoms with van der Waals surface area (Å²) in [6.45, 7) is 0. The van der Waals surface area contributed by atoms with Gasteiger partial charge >= 0.3 is 0 Å². The zero-order chi connectivity index (χ0) is 18.7. The van der Waals surface area contributed by atoms with Crippen LogP contribution < -0.4 is 10.0 Å². The normalized spacial score (nSPS) is 11.3. The van der Waals surface area contributed by atoms with Crippen LogP contribution in [0.3, 0.4) is 0 Å². The molecule has 1 aromatic heterocycles. The van der Waals surface area contributed by atoms with E-state index in [1.165, 1.54) is 12.1 Å². The molecule has 7 heteroatoms. The number of aromatic nitrogens is 2. The van der Waals surface area contributed by atoms with Gasteiger partial charge in [-0.1, -0.05) is 36.4 Å². The van der Waals surface area contributed by atoms with E-state index in [1.54, 1.807) is 42.6 Å². The zero-order valence-corrected chi connectivity index (χ0v) is 15.0. The highest BCUT2D eigenvalue weighted by molar-refractivity contribution is 7.92. The smallest absolute Gasteiger partial charge is 0.261 e. The average molecular weight is 376 g/mol. The Bertz CT molecular complexity index is 1180. The third-order valence-corrected chi connectivity index (χ3v) is 5.33. The van der Waals surface area contributed by atoms with Gasteiger partial charge < -0.3 is 5.32 Å². The molecule has 4 aromatic rings. The molecule has 4 rings (SSSR count). The van der Waals surface area contributed by atoms with Gasteiger partial charge in [0.25, 0.3) is 10.0 Å². The molecule has 0 aliphatic rings. The summed E-state index contributed by atoms with van der Waals surface area (Å²) in [4.78, 5) is 8.90. The first-order valence-corrected chi connectivity index (χ1v) is 9.75. The lowest BCUT2D eigenvalue weighted by Gasteiger charge is -2.09. The first-order chi connectivity index (χ1) is 13.1. The number of hydrogen-bond donors (Lipinski definition) is 2. The highest BCUT2D eigenvalue weighted by atomic mass is 32.2. The summed E-state index contributed by atoms with van der Waals surface area (Å²) in [5.74, 6) is 0.451. The quantitative estimate of drug-likeness (QED) is 0.546. The number of nitrogens with zero attached hydrogens (tertiary/aromatic N) is 2. The Labute approximate surface area is 157 Å². The van der Waals surface area contributed by atoms with Crippen LogP contribution in [0.15, 0.2) is 90.0 Å². The standard InChI is InChI=1S/C20H16N4O2S/c25-27(26,24-17-7-2-1-3-8-17)18-12-10-16(11-13-18)22-20-21-14-15-6-4-5-9-19(15)23-20/h1-14,24H,(H,21,22,23). The lowest BCUT2D eigenvalue weighted by molar-refractivity contribution is 0.601. The van der Waals surface area contributed by atoms with E-state index >= 15 is 0 Å². The van der Waals surface area contributed by atoms with Crippen molar-refractivity contribution in [3.63, 3.8) is 0 Å². The Morgan fingerprint density at radius 3 is 2.22 bits per heavy atom. The summed E-state index contributed by atoms with van der Waals surface area (Å²) < 4.78 is 27.5. The van der Waals surface area contributed by atoms with Gasteiger partial charge in [-0.25, -0.2) is 18.4 Å². The summed E-state index contributed by atoms with van der Waals surface area (Å²) in [5, 5.41) is 4.04. The largest absolute Gasteiger partial charge is 0.324 e. The van der Waals surface area contributed by atoms with Gasteiger partial charge in [-0.05, 0) is 42.5 Å². The third kappa shape index (κ3) is 3.88. The molecule has 0 aliphatic heterocycles. The van der Waals surface area contributed by atoms with Crippen molar-refractivity contribution in [3.8, 4) is 0 Å². The average Bonchev–Trinajstić information content (AvgIpc) is 2.69. The fourth-order valence-corrected chi connectivity index (χ4v) is 3.66. The van der Waals surface area contributed by atoms with Crippen molar-refractivity contribution in [2.24, 2.45) is 0 Å². The minimum absolute atomic E-state index is 0.177. The van der Waals surface area contributed by atoms with E-state index in [-0.39, 0.29) is 4.90 Å².